The Balaban J connectivity index is 0.00000196. The van der Waals surface area contributed by atoms with Crippen LogP contribution in [0.1, 0.15) is 10.5 Å². The zero-order chi connectivity index (χ0) is 17.6. The Morgan fingerprint density at radius 2 is 2.00 bits per heavy atom. The van der Waals surface area contributed by atoms with Crippen molar-refractivity contribution in [3.05, 3.63) is 47.9 Å². The molecular formula is C16H15ClF2N6O. The number of rotatable bonds is 3. The Morgan fingerprint density at radius 1 is 1.27 bits per heavy atom. The summed E-state index contributed by atoms with van der Waals surface area (Å²) in [5.41, 5.74) is 0.591. The number of carbonyl (C=O) groups excluding carboxylic acids is 1. The molecule has 0 aliphatic carbocycles. The zero-order valence-electron chi connectivity index (χ0n) is 13.7. The van der Waals surface area contributed by atoms with Crippen LogP contribution in [0.4, 0.5) is 20.3 Å². The third-order valence-electron chi connectivity index (χ3n) is 3.96. The molecule has 3 heterocycles. The highest BCUT2D eigenvalue weighted by atomic mass is 35.5. The first-order valence-electron chi connectivity index (χ1n) is 7.63. The highest BCUT2D eigenvalue weighted by Gasteiger charge is 2.29. The smallest absolute Gasteiger partial charge is 0.271 e. The van der Waals surface area contributed by atoms with Crippen molar-refractivity contribution in [3.63, 3.8) is 0 Å². The van der Waals surface area contributed by atoms with E-state index in [2.05, 4.69) is 20.7 Å². The first-order valence-corrected chi connectivity index (χ1v) is 7.63. The van der Waals surface area contributed by atoms with Crippen molar-refractivity contribution in [2.45, 2.75) is 6.54 Å². The molecular weight excluding hydrogens is 366 g/mol. The minimum atomic E-state index is -0.730. The summed E-state index contributed by atoms with van der Waals surface area (Å²) >= 11 is 0. The highest BCUT2D eigenvalue weighted by molar-refractivity contribution is 5.99. The molecule has 0 saturated heterocycles. The molecule has 1 amide bonds. The number of fused-ring (bicyclic) bond motifs is 1. The lowest BCUT2D eigenvalue weighted by Gasteiger charge is -2.18. The summed E-state index contributed by atoms with van der Waals surface area (Å²) in [5.74, 6) is -1.51. The zero-order valence-corrected chi connectivity index (χ0v) is 14.5. The molecule has 0 fully saturated rings. The van der Waals surface area contributed by atoms with Crippen molar-refractivity contribution in [1.29, 1.82) is 0 Å². The highest BCUT2D eigenvalue weighted by Crippen LogP contribution is 2.32. The molecule has 136 valence electrons. The molecule has 0 radical (unpaired) electrons. The van der Waals surface area contributed by atoms with Crippen molar-refractivity contribution in [3.8, 4) is 11.4 Å². The van der Waals surface area contributed by atoms with Crippen LogP contribution in [-0.2, 0) is 13.6 Å². The van der Waals surface area contributed by atoms with Crippen LogP contribution in [0.25, 0.3) is 11.4 Å². The third-order valence-corrected chi connectivity index (χ3v) is 3.96. The average molecular weight is 381 g/mol. The lowest BCUT2D eigenvalue weighted by atomic mass is 10.2. The van der Waals surface area contributed by atoms with Gasteiger partial charge in [-0.3, -0.25) is 9.48 Å². The predicted molar refractivity (Wildman–Crippen MR) is 93.7 cm³/mol. The fourth-order valence-corrected chi connectivity index (χ4v) is 2.88. The van der Waals surface area contributed by atoms with Gasteiger partial charge in [-0.2, -0.15) is 5.10 Å². The summed E-state index contributed by atoms with van der Waals surface area (Å²) in [6, 6.07) is 3.62. The Kier molecular flexibility index (Phi) is 4.64. The van der Waals surface area contributed by atoms with Gasteiger partial charge >= 0.3 is 0 Å². The Labute approximate surface area is 153 Å². The lowest BCUT2D eigenvalue weighted by Crippen LogP contribution is -2.35. The second kappa shape index (κ2) is 6.75. The molecule has 1 aliphatic rings. The normalized spacial score (nSPS) is 13.0. The number of amides is 1. The standard InChI is InChI=1S/C16H14F2N6O.ClH/c1-23-8-9(7-20-23)21-14-13-16(25)19-5-6-24(13)15(22-14)12-10(17)3-2-4-11(12)18;/h2-4,7-8,21H,5-6H2,1H3,(H,19,25);1H. The van der Waals surface area contributed by atoms with E-state index >= 15 is 0 Å². The van der Waals surface area contributed by atoms with Crippen molar-refractivity contribution >= 4 is 29.8 Å². The minimum absolute atomic E-state index is 0. The van der Waals surface area contributed by atoms with Crippen LogP contribution in [0.15, 0.2) is 30.6 Å². The van der Waals surface area contributed by atoms with Gasteiger partial charge in [-0.25, -0.2) is 13.8 Å². The average Bonchev–Trinajstić information content (AvgIpc) is 3.13. The maximum Gasteiger partial charge on any atom is 0.271 e. The summed E-state index contributed by atoms with van der Waals surface area (Å²) in [7, 11) is 1.75. The van der Waals surface area contributed by atoms with Gasteiger partial charge in [0.1, 0.15) is 17.5 Å². The number of hydrogen-bond acceptors (Lipinski definition) is 4. The maximum absolute atomic E-state index is 14.2. The molecule has 1 aromatic carbocycles. The monoisotopic (exact) mass is 380 g/mol. The topological polar surface area (TPSA) is 76.8 Å². The van der Waals surface area contributed by atoms with Gasteiger partial charge < -0.3 is 15.2 Å². The number of hydrogen-bond donors (Lipinski definition) is 2. The van der Waals surface area contributed by atoms with Crippen molar-refractivity contribution in [2.24, 2.45) is 7.05 Å². The first kappa shape index (κ1) is 17.9. The fraction of sp³-hybridized carbons (Fsp3) is 0.188. The van der Waals surface area contributed by atoms with E-state index in [1.54, 1.807) is 24.1 Å². The van der Waals surface area contributed by atoms with Crippen LogP contribution in [0, 0.1) is 11.6 Å². The number of halogens is 3. The van der Waals surface area contributed by atoms with Crippen LogP contribution in [0.5, 0.6) is 0 Å². The molecule has 10 heteroatoms. The summed E-state index contributed by atoms with van der Waals surface area (Å²) in [6.07, 6.45) is 3.27. The van der Waals surface area contributed by atoms with Gasteiger partial charge in [-0.05, 0) is 12.1 Å². The van der Waals surface area contributed by atoms with E-state index in [0.717, 1.165) is 12.1 Å². The molecule has 2 N–H and O–H groups in total. The van der Waals surface area contributed by atoms with Crippen LogP contribution in [0.3, 0.4) is 0 Å². The van der Waals surface area contributed by atoms with Gasteiger partial charge in [-0.1, -0.05) is 6.07 Å². The lowest BCUT2D eigenvalue weighted by molar-refractivity contribution is 0.0929. The number of nitrogens with one attached hydrogen (secondary N) is 2. The van der Waals surface area contributed by atoms with Crippen molar-refractivity contribution in [2.75, 3.05) is 11.9 Å². The molecule has 1 aliphatic heterocycles. The number of imidazole rings is 1. The Bertz CT molecular complexity index is 963. The molecule has 4 rings (SSSR count). The van der Waals surface area contributed by atoms with E-state index < -0.39 is 11.6 Å². The van der Waals surface area contributed by atoms with E-state index in [0.29, 0.717) is 18.8 Å². The Hall–Kier alpha value is -2.94. The van der Waals surface area contributed by atoms with Gasteiger partial charge in [0.25, 0.3) is 5.91 Å². The van der Waals surface area contributed by atoms with Gasteiger partial charge in [-0.15, -0.1) is 12.4 Å². The first-order chi connectivity index (χ1) is 12.0. The molecule has 2 aromatic heterocycles. The summed E-state index contributed by atoms with van der Waals surface area (Å²) < 4.78 is 31.5. The quantitative estimate of drug-likeness (QED) is 0.732. The predicted octanol–water partition coefficient (Wildman–Crippen LogP) is 2.47. The Morgan fingerprint density at radius 3 is 2.65 bits per heavy atom. The molecule has 0 unspecified atom stereocenters. The van der Waals surface area contributed by atoms with Gasteiger partial charge in [0.2, 0.25) is 0 Å². The number of aryl methyl sites for hydroxylation is 1. The number of benzene rings is 1. The molecule has 0 spiro atoms. The van der Waals surface area contributed by atoms with Crippen molar-refractivity contribution < 1.29 is 13.6 Å². The largest absolute Gasteiger partial charge is 0.349 e. The van der Waals surface area contributed by atoms with Crippen LogP contribution in [0.2, 0.25) is 0 Å². The maximum atomic E-state index is 14.2. The van der Waals surface area contributed by atoms with Gasteiger partial charge in [0.05, 0.1) is 17.4 Å². The van der Waals surface area contributed by atoms with E-state index in [1.165, 1.54) is 10.6 Å². The summed E-state index contributed by atoms with van der Waals surface area (Å²) in [6.45, 7) is 0.726. The molecule has 26 heavy (non-hydrogen) atoms. The number of carbonyl (C=O) groups is 1. The van der Waals surface area contributed by atoms with E-state index in [1.807, 2.05) is 0 Å². The van der Waals surface area contributed by atoms with Crippen LogP contribution >= 0.6 is 12.4 Å². The molecule has 0 saturated carbocycles. The number of aromatic nitrogens is 4. The second-order valence-corrected chi connectivity index (χ2v) is 5.66. The number of nitrogens with zero attached hydrogens (tertiary/aromatic N) is 4. The fourth-order valence-electron chi connectivity index (χ4n) is 2.88. The van der Waals surface area contributed by atoms with E-state index in [4.69, 9.17) is 0 Å². The molecule has 0 atom stereocenters. The summed E-state index contributed by atoms with van der Waals surface area (Å²) in [5, 5.41) is 9.74. The minimum Gasteiger partial charge on any atom is -0.349 e. The van der Waals surface area contributed by atoms with Gasteiger partial charge in [0, 0.05) is 26.3 Å². The van der Waals surface area contributed by atoms with Crippen LogP contribution < -0.4 is 10.6 Å². The van der Waals surface area contributed by atoms with E-state index in [-0.39, 0.29) is 41.2 Å². The van der Waals surface area contributed by atoms with Crippen LogP contribution in [-0.4, -0.2) is 31.8 Å². The summed E-state index contributed by atoms with van der Waals surface area (Å²) in [4.78, 5) is 16.6. The second-order valence-electron chi connectivity index (χ2n) is 5.66. The van der Waals surface area contributed by atoms with E-state index in [9.17, 15) is 13.6 Å². The SMILES string of the molecule is Cl.Cn1cc(Nc2nc(-c3c(F)cccc3F)n3c2C(=O)NCC3)cn1. The number of anilines is 2. The molecule has 0 bridgehead atoms. The molecule has 7 nitrogen and oxygen atoms in total. The third kappa shape index (κ3) is 2.90. The van der Waals surface area contributed by atoms with Gasteiger partial charge in [0.15, 0.2) is 11.5 Å². The molecule has 3 aromatic rings. The van der Waals surface area contributed by atoms with Crippen molar-refractivity contribution in [1.82, 2.24) is 24.6 Å².